The summed E-state index contributed by atoms with van der Waals surface area (Å²) in [5.41, 5.74) is 5.48. The molecule has 0 aliphatic carbocycles. The van der Waals surface area contributed by atoms with Gasteiger partial charge in [0, 0.05) is 29.7 Å². The molecule has 0 aliphatic heterocycles. The van der Waals surface area contributed by atoms with Gasteiger partial charge in [-0.1, -0.05) is 18.2 Å². The van der Waals surface area contributed by atoms with Crippen LogP contribution in [0, 0.1) is 20.8 Å². The normalized spacial score (nSPS) is 10.7. The molecule has 7 nitrogen and oxygen atoms in total. The molecule has 0 fully saturated rings. The predicted molar refractivity (Wildman–Crippen MR) is 126 cm³/mol. The number of fused-ring (bicyclic) bond motifs is 1. The van der Waals surface area contributed by atoms with Gasteiger partial charge in [-0.25, -0.2) is 9.78 Å². The standard InChI is InChI=1S/C25H24N4O3/c1-16-9-10-20(12-18(16)3)28-25(31)27-19-7-4-8-22(13-19)32-15-21-14-23(30)29-11-5-6-17(2)24(29)26-21/h4-14H,15H2,1-3H3,(H2,27,28,31). The minimum absolute atomic E-state index is 0.137. The van der Waals surface area contributed by atoms with Crippen molar-refractivity contribution in [3.8, 4) is 5.75 Å². The SMILES string of the molecule is Cc1ccc(NC(=O)Nc2cccc(OCc3cc(=O)n4cccc(C)c4n3)c2)cc1C. The first-order valence-corrected chi connectivity index (χ1v) is 10.2. The number of ether oxygens (including phenoxy) is 1. The van der Waals surface area contributed by atoms with Crippen LogP contribution in [0.4, 0.5) is 16.2 Å². The Kier molecular flexibility index (Phi) is 5.89. The number of urea groups is 1. The molecule has 0 unspecified atom stereocenters. The van der Waals surface area contributed by atoms with E-state index in [1.54, 1.807) is 30.5 Å². The van der Waals surface area contributed by atoms with Crippen LogP contribution in [-0.2, 0) is 6.61 Å². The van der Waals surface area contributed by atoms with E-state index < -0.39 is 0 Å². The van der Waals surface area contributed by atoms with Crippen molar-refractivity contribution in [3.63, 3.8) is 0 Å². The Labute approximate surface area is 185 Å². The number of benzene rings is 2. The molecule has 0 aliphatic rings. The van der Waals surface area contributed by atoms with E-state index in [1.165, 1.54) is 16.0 Å². The summed E-state index contributed by atoms with van der Waals surface area (Å²) in [6, 6.07) is 17.7. The maximum Gasteiger partial charge on any atom is 0.323 e. The van der Waals surface area contributed by atoms with Crippen molar-refractivity contribution in [2.24, 2.45) is 0 Å². The number of anilines is 2. The Morgan fingerprint density at radius 2 is 1.69 bits per heavy atom. The topological polar surface area (TPSA) is 84.7 Å². The largest absolute Gasteiger partial charge is 0.487 e. The lowest BCUT2D eigenvalue weighted by Gasteiger charge is -2.11. The molecule has 0 bridgehead atoms. The van der Waals surface area contributed by atoms with Gasteiger partial charge >= 0.3 is 6.03 Å². The van der Waals surface area contributed by atoms with Gasteiger partial charge in [0.05, 0.1) is 5.69 Å². The predicted octanol–water partition coefficient (Wildman–Crippen LogP) is 4.84. The molecule has 2 amide bonds. The number of nitrogens with zero attached hydrogens (tertiary/aromatic N) is 2. The van der Waals surface area contributed by atoms with Gasteiger partial charge in [0.15, 0.2) is 0 Å². The number of aryl methyl sites for hydroxylation is 3. The maximum absolute atomic E-state index is 12.4. The van der Waals surface area contributed by atoms with Crippen molar-refractivity contribution in [1.29, 1.82) is 0 Å². The highest BCUT2D eigenvalue weighted by Crippen LogP contribution is 2.19. The second-order valence-electron chi connectivity index (χ2n) is 7.67. The number of hydrogen-bond acceptors (Lipinski definition) is 4. The summed E-state index contributed by atoms with van der Waals surface area (Å²) in [7, 11) is 0. The monoisotopic (exact) mass is 428 g/mol. The fourth-order valence-corrected chi connectivity index (χ4v) is 3.32. The molecule has 4 rings (SSSR count). The molecule has 0 radical (unpaired) electrons. The summed E-state index contributed by atoms with van der Waals surface area (Å²) in [6.45, 7) is 6.07. The van der Waals surface area contributed by atoms with Crippen molar-refractivity contribution in [3.05, 3.63) is 99.6 Å². The lowest BCUT2D eigenvalue weighted by Crippen LogP contribution is -2.19. The summed E-state index contributed by atoms with van der Waals surface area (Å²) in [6.07, 6.45) is 1.69. The van der Waals surface area contributed by atoms with Crippen LogP contribution in [0.3, 0.4) is 0 Å². The molecule has 0 saturated carbocycles. The van der Waals surface area contributed by atoms with Crippen molar-refractivity contribution in [1.82, 2.24) is 9.38 Å². The molecule has 2 aromatic carbocycles. The Bertz CT molecular complexity index is 1360. The van der Waals surface area contributed by atoms with Crippen molar-refractivity contribution < 1.29 is 9.53 Å². The summed E-state index contributed by atoms with van der Waals surface area (Å²) in [4.78, 5) is 29.2. The molecule has 32 heavy (non-hydrogen) atoms. The van der Waals surface area contributed by atoms with Crippen LogP contribution in [0.1, 0.15) is 22.4 Å². The quantitative estimate of drug-likeness (QED) is 0.476. The fourth-order valence-electron chi connectivity index (χ4n) is 3.32. The third kappa shape index (κ3) is 4.78. The fraction of sp³-hybridized carbons (Fsp3) is 0.160. The van der Waals surface area contributed by atoms with Crippen LogP contribution < -0.4 is 20.9 Å². The maximum atomic E-state index is 12.4. The number of pyridine rings is 1. The number of carbonyl (C=O) groups is 1. The molecule has 0 spiro atoms. The van der Waals surface area contributed by atoms with E-state index in [0.717, 1.165) is 16.8 Å². The number of nitrogens with one attached hydrogen (secondary N) is 2. The van der Waals surface area contributed by atoms with Crippen molar-refractivity contribution in [2.45, 2.75) is 27.4 Å². The highest BCUT2D eigenvalue weighted by atomic mass is 16.5. The van der Waals surface area contributed by atoms with Crippen molar-refractivity contribution in [2.75, 3.05) is 10.6 Å². The Balaban J connectivity index is 1.42. The van der Waals surface area contributed by atoms with E-state index in [0.29, 0.717) is 22.8 Å². The van der Waals surface area contributed by atoms with Gasteiger partial charge in [-0.15, -0.1) is 0 Å². The molecule has 2 heterocycles. The smallest absolute Gasteiger partial charge is 0.323 e. The van der Waals surface area contributed by atoms with Gasteiger partial charge in [0.1, 0.15) is 18.0 Å². The third-order valence-electron chi connectivity index (χ3n) is 5.18. The highest BCUT2D eigenvalue weighted by Gasteiger charge is 2.07. The van der Waals surface area contributed by atoms with Gasteiger partial charge < -0.3 is 15.4 Å². The Hall–Kier alpha value is -4.13. The van der Waals surface area contributed by atoms with Crippen LogP contribution in [0.15, 0.2) is 71.7 Å². The molecule has 2 N–H and O–H groups in total. The van der Waals surface area contributed by atoms with E-state index in [2.05, 4.69) is 15.6 Å². The Morgan fingerprint density at radius 1 is 0.906 bits per heavy atom. The van der Waals surface area contributed by atoms with Gasteiger partial charge in [-0.3, -0.25) is 9.20 Å². The molecule has 7 heteroatoms. The molecular weight excluding hydrogens is 404 g/mol. The van der Waals surface area contributed by atoms with Gasteiger partial charge in [0.2, 0.25) is 0 Å². The van der Waals surface area contributed by atoms with Crippen LogP contribution in [-0.4, -0.2) is 15.4 Å². The number of hydrogen-bond donors (Lipinski definition) is 2. The molecule has 2 aromatic heterocycles. The van der Waals surface area contributed by atoms with E-state index in [-0.39, 0.29) is 18.2 Å². The summed E-state index contributed by atoms with van der Waals surface area (Å²) >= 11 is 0. The van der Waals surface area contributed by atoms with Gasteiger partial charge in [-0.05, 0) is 67.8 Å². The summed E-state index contributed by atoms with van der Waals surface area (Å²) in [5.74, 6) is 0.556. The van der Waals surface area contributed by atoms with E-state index in [9.17, 15) is 9.59 Å². The highest BCUT2D eigenvalue weighted by molar-refractivity contribution is 5.99. The average molecular weight is 428 g/mol. The van der Waals surface area contributed by atoms with E-state index in [4.69, 9.17) is 4.74 Å². The zero-order valence-corrected chi connectivity index (χ0v) is 18.2. The number of carbonyl (C=O) groups excluding carboxylic acids is 1. The third-order valence-corrected chi connectivity index (χ3v) is 5.18. The van der Waals surface area contributed by atoms with Crippen LogP contribution in [0.5, 0.6) is 5.75 Å². The van der Waals surface area contributed by atoms with Crippen LogP contribution in [0.25, 0.3) is 5.65 Å². The lowest BCUT2D eigenvalue weighted by molar-refractivity contribution is 0.262. The first-order valence-electron chi connectivity index (χ1n) is 10.2. The first-order chi connectivity index (χ1) is 15.4. The van der Waals surface area contributed by atoms with Gasteiger partial charge in [-0.2, -0.15) is 0 Å². The molecule has 0 atom stereocenters. The van der Waals surface area contributed by atoms with E-state index in [1.807, 2.05) is 51.1 Å². The zero-order chi connectivity index (χ0) is 22.7. The summed E-state index contributed by atoms with van der Waals surface area (Å²) in [5, 5.41) is 5.63. The average Bonchev–Trinajstić information content (AvgIpc) is 2.76. The Morgan fingerprint density at radius 3 is 2.47 bits per heavy atom. The van der Waals surface area contributed by atoms with E-state index >= 15 is 0 Å². The van der Waals surface area contributed by atoms with Crippen LogP contribution >= 0.6 is 0 Å². The second kappa shape index (κ2) is 8.93. The number of amides is 2. The molecular formula is C25H24N4O3. The number of rotatable bonds is 5. The molecule has 4 aromatic rings. The first kappa shape index (κ1) is 21.1. The lowest BCUT2D eigenvalue weighted by atomic mass is 10.1. The minimum atomic E-state index is -0.343. The second-order valence-corrected chi connectivity index (χ2v) is 7.67. The summed E-state index contributed by atoms with van der Waals surface area (Å²) < 4.78 is 7.33. The minimum Gasteiger partial charge on any atom is -0.487 e. The zero-order valence-electron chi connectivity index (χ0n) is 18.2. The number of aromatic nitrogens is 2. The van der Waals surface area contributed by atoms with Crippen molar-refractivity contribution >= 4 is 23.1 Å². The van der Waals surface area contributed by atoms with Gasteiger partial charge in [0.25, 0.3) is 5.56 Å². The van der Waals surface area contributed by atoms with Crippen LogP contribution in [0.2, 0.25) is 0 Å². The molecule has 162 valence electrons. The molecule has 0 saturated heterocycles.